The van der Waals surface area contributed by atoms with Crippen molar-refractivity contribution in [1.29, 1.82) is 0 Å². The summed E-state index contributed by atoms with van der Waals surface area (Å²) in [5.41, 5.74) is -1.80. The summed E-state index contributed by atoms with van der Waals surface area (Å²) >= 11 is 1.33. The summed E-state index contributed by atoms with van der Waals surface area (Å²) in [6.45, 7) is 0. The lowest BCUT2D eigenvalue weighted by atomic mass is 10.2. The molecule has 0 atom stereocenters. The Morgan fingerprint density at radius 2 is 2.00 bits per heavy atom. The van der Waals surface area contributed by atoms with E-state index in [0.717, 1.165) is 13.2 Å². The fraction of sp³-hybridized carbons (Fsp3) is 0.333. The number of esters is 1. The van der Waals surface area contributed by atoms with Gasteiger partial charge < -0.3 is 9.47 Å². The van der Waals surface area contributed by atoms with Crippen molar-refractivity contribution in [2.45, 2.75) is 12.8 Å². The molecule has 1 rings (SSSR count). The Morgan fingerprint density at radius 3 is 2.42 bits per heavy atom. The summed E-state index contributed by atoms with van der Waals surface area (Å²) in [6.07, 6.45) is -8.48. The van der Waals surface area contributed by atoms with Crippen LogP contribution in [0.4, 0.5) is 22.0 Å². The molecule has 10 heteroatoms. The molecular weight excluding hydrogens is 392 g/mol. The number of ether oxygens (including phenoxy) is 2. The maximum atomic E-state index is 12.7. The van der Waals surface area contributed by atoms with Gasteiger partial charge in [0.15, 0.2) is 11.4 Å². The van der Waals surface area contributed by atoms with Crippen LogP contribution in [0, 0.1) is 3.57 Å². The number of nitrogens with zero attached hydrogens (tertiary/aromatic N) is 1. The number of pyridine rings is 1. The van der Waals surface area contributed by atoms with Crippen LogP contribution in [-0.4, -0.2) is 24.4 Å². The Labute approximate surface area is 117 Å². The molecule has 1 aromatic rings. The van der Waals surface area contributed by atoms with Gasteiger partial charge in [-0.25, -0.2) is 18.6 Å². The van der Waals surface area contributed by atoms with E-state index in [0.29, 0.717) is 0 Å². The van der Waals surface area contributed by atoms with Crippen LogP contribution in [-0.2, 0) is 4.74 Å². The monoisotopic (exact) mass is 397 g/mol. The number of alkyl halides is 5. The average Bonchev–Trinajstić information content (AvgIpc) is 2.28. The van der Waals surface area contributed by atoms with Gasteiger partial charge in [-0.2, -0.15) is 0 Å². The summed E-state index contributed by atoms with van der Waals surface area (Å²) in [5.74, 6) is -2.17. The fourth-order valence-corrected chi connectivity index (χ4v) is 1.78. The molecule has 0 amide bonds. The maximum Gasteiger partial charge on any atom is 0.573 e. The molecule has 0 aliphatic carbocycles. The van der Waals surface area contributed by atoms with Crippen molar-refractivity contribution in [2.24, 2.45) is 0 Å². The van der Waals surface area contributed by atoms with Crippen molar-refractivity contribution >= 4 is 28.6 Å². The number of methoxy groups -OCH3 is 1. The topological polar surface area (TPSA) is 48.4 Å². The van der Waals surface area contributed by atoms with Crippen molar-refractivity contribution < 1.29 is 36.2 Å². The molecule has 0 bridgehead atoms. The highest BCUT2D eigenvalue weighted by Crippen LogP contribution is 2.35. The minimum absolute atomic E-state index is 0.333. The summed E-state index contributed by atoms with van der Waals surface area (Å²) in [4.78, 5) is 14.3. The van der Waals surface area contributed by atoms with Crippen LogP contribution < -0.4 is 4.74 Å². The summed E-state index contributed by atoms with van der Waals surface area (Å²) in [7, 11) is 0.985. The van der Waals surface area contributed by atoms with Crippen LogP contribution in [0.5, 0.6) is 5.75 Å². The Hall–Kier alpha value is -1.20. The van der Waals surface area contributed by atoms with E-state index in [1.807, 2.05) is 0 Å². The van der Waals surface area contributed by atoms with E-state index in [2.05, 4.69) is 14.5 Å². The number of halogens is 6. The van der Waals surface area contributed by atoms with E-state index in [1.54, 1.807) is 0 Å². The highest BCUT2D eigenvalue weighted by Gasteiger charge is 2.35. The largest absolute Gasteiger partial charge is 0.573 e. The summed E-state index contributed by atoms with van der Waals surface area (Å²) in [6, 6.07) is 0.860. The molecule has 1 aromatic heterocycles. The standard InChI is InChI=1S/C9H5F5INO3/c1-18-8(17)4-2-3(15)6(19-9(12,13)14)5(16-4)7(10)11/h2,7H,1H3. The first-order valence-corrected chi connectivity index (χ1v) is 5.56. The molecule has 0 fully saturated rings. The molecule has 1 heterocycles. The molecular formula is C9H5F5INO3. The number of hydrogen-bond acceptors (Lipinski definition) is 4. The lowest BCUT2D eigenvalue weighted by Gasteiger charge is -2.14. The van der Waals surface area contributed by atoms with Gasteiger partial charge in [0.2, 0.25) is 0 Å². The van der Waals surface area contributed by atoms with Gasteiger partial charge >= 0.3 is 12.3 Å². The number of carbonyl (C=O) groups is 1. The Kier molecular flexibility index (Phi) is 4.87. The van der Waals surface area contributed by atoms with E-state index in [-0.39, 0.29) is 3.57 Å². The molecule has 0 saturated heterocycles. The first kappa shape index (κ1) is 15.9. The predicted molar refractivity (Wildman–Crippen MR) is 59.9 cm³/mol. The zero-order valence-corrected chi connectivity index (χ0v) is 11.3. The third-order valence-corrected chi connectivity index (χ3v) is 2.57. The molecule has 106 valence electrons. The van der Waals surface area contributed by atoms with E-state index in [1.165, 1.54) is 22.6 Å². The Morgan fingerprint density at radius 1 is 1.42 bits per heavy atom. The van der Waals surface area contributed by atoms with E-state index in [4.69, 9.17) is 0 Å². The second-order valence-electron chi connectivity index (χ2n) is 3.04. The van der Waals surface area contributed by atoms with Crippen LogP contribution in [0.3, 0.4) is 0 Å². The zero-order valence-electron chi connectivity index (χ0n) is 9.09. The second-order valence-corrected chi connectivity index (χ2v) is 4.21. The van der Waals surface area contributed by atoms with E-state index < -0.39 is 35.9 Å². The van der Waals surface area contributed by atoms with Crippen molar-refractivity contribution in [3.05, 3.63) is 21.0 Å². The van der Waals surface area contributed by atoms with Crippen molar-refractivity contribution in [1.82, 2.24) is 4.98 Å². The molecule has 0 N–H and O–H groups in total. The van der Waals surface area contributed by atoms with Crippen LogP contribution in [0.2, 0.25) is 0 Å². The molecule has 0 aliphatic heterocycles. The zero-order chi connectivity index (χ0) is 14.8. The molecule has 0 aliphatic rings. The highest BCUT2D eigenvalue weighted by atomic mass is 127. The number of carbonyl (C=O) groups excluding carboxylic acids is 1. The minimum Gasteiger partial charge on any atom is -0.464 e. The van der Waals surface area contributed by atoms with Gasteiger partial charge in [0.05, 0.1) is 10.7 Å². The lowest BCUT2D eigenvalue weighted by Crippen LogP contribution is -2.20. The van der Waals surface area contributed by atoms with Crippen LogP contribution in [0.25, 0.3) is 0 Å². The van der Waals surface area contributed by atoms with E-state index >= 15 is 0 Å². The van der Waals surface area contributed by atoms with Crippen molar-refractivity contribution in [2.75, 3.05) is 7.11 Å². The Balaban J connectivity index is 3.35. The third kappa shape index (κ3) is 4.14. The van der Waals surface area contributed by atoms with Crippen LogP contribution >= 0.6 is 22.6 Å². The number of hydrogen-bond donors (Lipinski definition) is 0. The van der Waals surface area contributed by atoms with E-state index in [9.17, 15) is 26.7 Å². The molecule has 19 heavy (non-hydrogen) atoms. The minimum atomic E-state index is -5.14. The average molecular weight is 397 g/mol. The number of aromatic nitrogens is 1. The summed E-state index contributed by atoms with van der Waals surface area (Å²) < 4.78 is 69.0. The van der Waals surface area contributed by atoms with Gasteiger partial charge in [-0.15, -0.1) is 13.2 Å². The van der Waals surface area contributed by atoms with Gasteiger partial charge in [-0.1, -0.05) is 0 Å². The summed E-state index contributed by atoms with van der Waals surface area (Å²) in [5, 5.41) is 0. The molecule has 0 aromatic carbocycles. The first-order chi connectivity index (χ1) is 8.65. The van der Waals surface area contributed by atoms with Crippen LogP contribution in [0.15, 0.2) is 6.07 Å². The van der Waals surface area contributed by atoms with Crippen molar-refractivity contribution in [3.63, 3.8) is 0 Å². The number of rotatable bonds is 3. The van der Waals surface area contributed by atoms with Gasteiger partial charge in [0.1, 0.15) is 5.69 Å². The molecule has 0 spiro atoms. The second kappa shape index (κ2) is 5.84. The lowest BCUT2D eigenvalue weighted by molar-refractivity contribution is -0.275. The molecule has 4 nitrogen and oxygen atoms in total. The Bertz CT molecular complexity index is 491. The highest BCUT2D eigenvalue weighted by molar-refractivity contribution is 14.1. The molecule has 0 saturated carbocycles. The van der Waals surface area contributed by atoms with Gasteiger partial charge in [-0.3, -0.25) is 0 Å². The third-order valence-electron chi connectivity index (χ3n) is 1.77. The molecule has 0 radical (unpaired) electrons. The van der Waals surface area contributed by atoms with Gasteiger partial charge in [0.25, 0.3) is 6.43 Å². The predicted octanol–water partition coefficient (Wildman–Crippen LogP) is 3.31. The smallest absolute Gasteiger partial charge is 0.464 e. The normalized spacial score (nSPS) is 11.6. The molecule has 0 unspecified atom stereocenters. The quantitative estimate of drug-likeness (QED) is 0.446. The fourth-order valence-electron chi connectivity index (χ4n) is 1.09. The van der Waals surface area contributed by atoms with Crippen molar-refractivity contribution in [3.8, 4) is 5.75 Å². The first-order valence-electron chi connectivity index (χ1n) is 4.48. The SMILES string of the molecule is COC(=O)c1cc(I)c(OC(F)(F)F)c(C(F)F)n1. The van der Waals surface area contributed by atoms with Crippen LogP contribution in [0.1, 0.15) is 22.6 Å². The van der Waals surface area contributed by atoms with Gasteiger partial charge in [0, 0.05) is 0 Å². The van der Waals surface area contributed by atoms with Gasteiger partial charge in [-0.05, 0) is 28.7 Å². The maximum absolute atomic E-state index is 12.7.